The van der Waals surface area contributed by atoms with E-state index < -0.39 is 0 Å². The zero-order valence-electron chi connectivity index (χ0n) is 5.91. The number of imidazole rings is 1. The normalized spacial score (nSPS) is 10.5. The minimum Gasteiger partial charge on any atom is -0.428 e. The number of nitrogens with one attached hydrogen (secondary N) is 1. The van der Waals surface area contributed by atoms with Crippen molar-refractivity contribution in [3.05, 3.63) is 18.2 Å². The largest absolute Gasteiger partial charge is 0.428 e. The Morgan fingerprint density at radius 3 is 3.08 bits per heavy atom. The summed E-state index contributed by atoms with van der Waals surface area (Å²) >= 11 is 5.94. The van der Waals surface area contributed by atoms with E-state index >= 15 is 0 Å². The summed E-state index contributed by atoms with van der Waals surface area (Å²) in [5.74, 6) is 0.806. The van der Waals surface area contributed by atoms with E-state index in [1.165, 1.54) is 0 Å². The summed E-state index contributed by atoms with van der Waals surface area (Å²) in [6.45, 7) is 0. The molecule has 0 atom stereocenters. The molecule has 0 saturated heterocycles. The van der Waals surface area contributed by atoms with Gasteiger partial charge in [0.1, 0.15) is 5.75 Å². The molecule has 0 aliphatic carbocycles. The molecule has 0 aliphatic heterocycles. The number of benzene rings is 1. The Balaban J connectivity index is 2.66. The molecule has 1 aromatic carbocycles. The van der Waals surface area contributed by atoms with Crippen molar-refractivity contribution < 1.29 is 3.07 Å². The topological polar surface area (TPSA) is 37.9 Å². The number of aromatic amines is 1. The summed E-state index contributed by atoms with van der Waals surface area (Å²) in [5, 5.41) is 0.621. The van der Waals surface area contributed by atoms with Gasteiger partial charge < -0.3 is 8.05 Å². The Morgan fingerprint density at radius 1 is 1.50 bits per heavy atom. The standard InChI is InChI=1S/C7H5IN2OS/c8-11-4-1-2-5-6(3-4)10-7(12)9-5/h1-3H,(H2,9,10,12). The van der Waals surface area contributed by atoms with Crippen LogP contribution in [0, 0.1) is 0 Å². The van der Waals surface area contributed by atoms with E-state index in [1.54, 1.807) is 0 Å². The van der Waals surface area contributed by atoms with Gasteiger partial charge in [0.15, 0.2) is 28.2 Å². The van der Waals surface area contributed by atoms with Gasteiger partial charge in [-0.05, 0) is 12.1 Å². The first-order valence-corrected chi connectivity index (χ1v) is 4.60. The molecule has 5 heteroatoms. The molecule has 0 fully saturated rings. The second-order valence-corrected chi connectivity index (χ2v) is 3.18. The van der Waals surface area contributed by atoms with E-state index in [2.05, 4.69) is 22.6 Å². The molecule has 12 heavy (non-hydrogen) atoms. The Bertz CT molecular complexity index is 415. The molecule has 0 unspecified atom stereocenters. The van der Waals surface area contributed by atoms with Gasteiger partial charge in [-0.2, -0.15) is 0 Å². The van der Waals surface area contributed by atoms with Crippen molar-refractivity contribution in [3.63, 3.8) is 0 Å². The number of hydrogen-bond acceptors (Lipinski definition) is 3. The van der Waals surface area contributed by atoms with Crippen LogP contribution < -0.4 is 3.07 Å². The fourth-order valence-corrected chi connectivity index (χ4v) is 1.53. The highest BCUT2D eigenvalue weighted by Gasteiger charge is 2.00. The summed E-state index contributed by atoms with van der Waals surface area (Å²) in [7, 11) is 0. The van der Waals surface area contributed by atoms with Crippen LogP contribution in [0.3, 0.4) is 0 Å². The van der Waals surface area contributed by atoms with Gasteiger partial charge in [0.2, 0.25) is 0 Å². The molecule has 2 rings (SSSR count). The van der Waals surface area contributed by atoms with Crippen molar-refractivity contribution >= 4 is 46.7 Å². The van der Waals surface area contributed by atoms with Crippen molar-refractivity contribution in [2.24, 2.45) is 0 Å². The average molecular weight is 292 g/mol. The lowest BCUT2D eigenvalue weighted by Gasteiger charge is -1.94. The zero-order chi connectivity index (χ0) is 8.55. The first-order chi connectivity index (χ1) is 5.79. The third kappa shape index (κ3) is 1.38. The van der Waals surface area contributed by atoms with E-state index in [4.69, 9.17) is 3.07 Å². The van der Waals surface area contributed by atoms with Gasteiger partial charge >= 0.3 is 0 Å². The Hall–Kier alpha value is -0.430. The third-order valence-electron chi connectivity index (χ3n) is 1.53. The second-order valence-electron chi connectivity index (χ2n) is 2.32. The molecule has 1 aromatic heterocycles. The van der Waals surface area contributed by atoms with Gasteiger partial charge in [-0.25, -0.2) is 4.98 Å². The summed E-state index contributed by atoms with van der Waals surface area (Å²) < 4.78 is 5.03. The summed E-state index contributed by atoms with van der Waals surface area (Å²) in [4.78, 5) is 7.14. The van der Waals surface area contributed by atoms with Gasteiger partial charge in [-0.15, -0.1) is 12.6 Å². The van der Waals surface area contributed by atoms with Crippen LogP contribution in [0.25, 0.3) is 11.0 Å². The molecule has 0 radical (unpaired) electrons. The number of rotatable bonds is 1. The fraction of sp³-hybridized carbons (Fsp3) is 0. The minimum atomic E-state index is 0.621. The van der Waals surface area contributed by atoms with Gasteiger partial charge in [0.05, 0.1) is 11.0 Å². The predicted molar refractivity (Wildman–Crippen MR) is 58.0 cm³/mol. The summed E-state index contributed by atoms with van der Waals surface area (Å²) in [6, 6.07) is 5.64. The van der Waals surface area contributed by atoms with Crippen molar-refractivity contribution in [1.82, 2.24) is 9.97 Å². The number of hydrogen-bond donors (Lipinski definition) is 2. The van der Waals surface area contributed by atoms with E-state index in [0.717, 1.165) is 16.8 Å². The van der Waals surface area contributed by atoms with Gasteiger partial charge in [0.25, 0.3) is 0 Å². The fourth-order valence-electron chi connectivity index (χ4n) is 1.02. The molecule has 2 aromatic rings. The Kier molecular flexibility index (Phi) is 2.14. The van der Waals surface area contributed by atoms with Gasteiger partial charge in [0, 0.05) is 6.07 Å². The Morgan fingerprint density at radius 2 is 2.33 bits per heavy atom. The highest BCUT2D eigenvalue weighted by atomic mass is 127. The Labute approximate surface area is 88.6 Å². The number of nitrogens with zero attached hydrogens (tertiary/aromatic N) is 1. The number of H-pyrrole nitrogens is 1. The third-order valence-corrected chi connectivity index (χ3v) is 2.25. The van der Waals surface area contributed by atoms with Crippen LogP contribution in [-0.2, 0) is 0 Å². The maximum atomic E-state index is 5.03. The van der Waals surface area contributed by atoms with E-state index in [0.29, 0.717) is 5.16 Å². The highest BCUT2D eigenvalue weighted by molar-refractivity contribution is 14.1. The summed E-state index contributed by atoms with van der Waals surface area (Å²) in [5.41, 5.74) is 1.84. The average Bonchev–Trinajstić information content (AvgIpc) is 2.43. The lowest BCUT2D eigenvalue weighted by atomic mass is 10.3. The molecule has 0 bridgehead atoms. The quantitative estimate of drug-likeness (QED) is 0.626. The van der Waals surface area contributed by atoms with Crippen molar-refractivity contribution in [2.75, 3.05) is 0 Å². The second kappa shape index (κ2) is 3.14. The van der Waals surface area contributed by atoms with Crippen LogP contribution in [0.5, 0.6) is 5.75 Å². The number of fused-ring (bicyclic) bond motifs is 1. The monoisotopic (exact) mass is 292 g/mol. The molecular formula is C7H5IN2OS. The van der Waals surface area contributed by atoms with Crippen LogP contribution in [0.1, 0.15) is 0 Å². The smallest absolute Gasteiger partial charge is 0.192 e. The lowest BCUT2D eigenvalue weighted by Crippen LogP contribution is -1.73. The van der Waals surface area contributed by atoms with Crippen molar-refractivity contribution in [3.8, 4) is 5.75 Å². The molecular weight excluding hydrogens is 287 g/mol. The number of thiol groups is 1. The molecule has 62 valence electrons. The molecule has 0 saturated carbocycles. The van der Waals surface area contributed by atoms with Crippen molar-refractivity contribution in [1.29, 1.82) is 0 Å². The van der Waals surface area contributed by atoms with E-state index in [9.17, 15) is 0 Å². The number of halogens is 1. The molecule has 0 aliphatic rings. The first kappa shape index (κ1) is 8.18. The van der Waals surface area contributed by atoms with E-state index in [-0.39, 0.29) is 0 Å². The molecule has 1 N–H and O–H groups in total. The summed E-state index contributed by atoms with van der Waals surface area (Å²) in [6.07, 6.45) is 0. The highest BCUT2D eigenvalue weighted by Crippen LogP contribution is 2.20. The van der Waals surface area contributed by atoms with Crippen LogP contribution in [0.15, 0.2) is 23.4 Å². The van der Waals surface area contributed by atoms with Crippen molar-refractivity contribution in [2.45, 2.75) is 5.16 Å². The van der Waals surface area contributed by atoms with Gasteiger partial charge in [-0.3, -0.25) is 0 Å². The number of aromatic nitrogens is 2. The lowest BCUT2D eigenvalue weighted by molar-refractivity contribution is 0.718. The van der Waals surface area contributed by atoms with E-state index in [1.807, 2.05) is 41.2 Å². The zero-order valence-corrected chi connectivity index (χ0v) is 8.96. The first-order valence-electron chi connectivity index (χ1n) is 3.27. The van der Waals surface area contributed by atoms with Crippen LogP contribution in [0.4, 0.5) is 0 Å². The minimum absolute atomic E-state index is 0.621. The molecule has 1 heterocycles. The maximum Gasteiger partial charge on any atom is 0.192 e. The molecule has 0 amide bonds. The van der Waals surface area contributed by atoms with Gasteiger partial charge in [-0.1, -0.05) is 0 Å². The van der Waals surface area contributed by atoms with Crippen LogP contribution in [0.2, 0.25) is 0 Å². The SMILES string of the molecule is Sc1nc2ccc(OI)cc2[nH]1. The molecule has 0 spiro atoms. The molecule has 3 nitrogen and oxygen atoms in total. The van der Waals surface area contributed by atoms with Crippen LogP contribution >= 0.6 is 35.6 Å². The maximum absolute atomic E-state index is 5.03. The van der Waals surface area contributed by atoms with Crippen LogP contribution in [-0.4, -0.2) is 9.97 Å². The predicted octanol–water partition coefficient (Wildman–Crippen LogP) is 2.58.